The van der Waals surface area contributed by atoms with Gasteiger partial charge in [-0.2, -0.15) is 4.31 Å². The summed E-state index contributed by atoms with van der Waals surface area (Å²) in [5.41, 5.74) is 0. The number of benzene rings is 2. The van der Waals surface area contributed by atoms with Gasteiger partial charge in [0.1, 0.15) is 0 Å². The fourth-order valence-corrected chi connectivity index (χ4v) is 3.53. The molecule has 0 saturated carbocycles. The topological polar surface area (TPSA) is 37.4 Å². The number of hydrogen-bond acceptors (Lipinski definition) is 2. The summed E-state index contributed by atoms with van der Waals surface area (Å²) in [4.78, 5) is 0.366. The van der Waals surface area contributed by atoms with E-state index in [1.807, 2.05) is 44.2 Å². The number of sulfonamides is 1. The largest absolute Gasteiger partial charge is 0.243 e. The van der Waals surface area contributed by atoms with Crippen molar-refractivity contribution < 1.29 is 8.42 Å². The molecule has 0 aliphatic carbocycles. The van der Waals surface area contributed by atoms with Crippen LogP contribution in [-0.4, -0.2) is 25.8 Å². The van der Waals surface area contributed by atoms with Crippen molar-refractivity contribution in [2.24, 2.45) is 0 Å². The van der Waals surface area contributed by atoms with Crippen LogP contribution in [0.2, 0.25) is 0 Å². The van der Waals surface area contributed by atoms with Gasteiger partial charge in [-0.3, -0.25) is 0 Å². The molecule has 0 aliphatic rings. The van der Waals surface area contributed by atoms with Crippen molar-refractivity contribution in [3.8, 4) is 0 Å². The molecule has 0 heterocycles. The van der Waals surface area contributed by atoms with Gasteiger partial charge in [-0.15, -0.1) is 0 Å². The van der Waals surface area contributed by atoms with Crippen molar-refractivity contribution in [1.82, 2.24) is 4.31 Å². The quantitative estimate of drug-likeness (QED) is 0.850. The van der Waals surface area contributed by atoms with E-state index in [1.165, 1.54) is 4.31 Å². The second kappa shape index (κ2) is 5.08. The molecule has 18 heavy (non-hydrogen) atoms. The first-order chi connectivity index (χ1) is 8.59. The number of nitrogens with zero attached hydrogens (tertiary/aromatic N) is 1. The molecule has 2 rings (SSSR count). The average molecular weight is 263 g/mol. The van der Waals surface area contributed by atoms with E-state index < -0.39 is 10.0 Å². The van der Waals surface area contributed by atoms with Gasteiger partial charge in [0.2, 0.25) is 10.0 Å². The van der Waals surface area contributed by atoms with E-state index in [-0.39, 0.29) is 0 Å². The Labute approximate surface area is 108 Å². The van der Waals surface area contributed by atoms with Crippen LogP contribution in [0.15, 0.2) is 47.4 Å². The molecule has 0 saturated heterocycles. The third kappa shape index (κ3) is 2.26. The summed E-state index contributed by atoms with van der Waals surface area (Å²) in [6.07, 6.45) is 0. The van der Waals surface area contributed by atoms with Gasteiger partial charge >= 0.3 is 0 Å². The lowest BCUT2D eigenvalue weighted by Gasteiger charge is -2.18. The third-order valence-corrected chi connectivity index (χ3v) is 5.11. The van der Waals surface area contributed by atoms with Crippen molar-refractivity contribution in [3.05, 3.63) is 42.5 Å². The molecule has 0 bridgehead atoms. The summed E-state index contributed by atoms with van der Waals surface area (Å²) >= 11 is 0. The first-order valence-electron chi connectivity index (χ1n) is 6.08. The Kier molecular flexibility index (Phi) is 3.68. The maximum Gasteiger partial charge on any atom is 0.243 e. The zero-order valence-corrected chi connectivity index (χ0v) is 11.4. The fraction of sp³-hybridized carbons (Fsp3) is 0.286. The molecule has 0 unspecified atom stereocenters. The Bertz CT molecular complexity index is 646. The molecule has 96 valence electrons. The molecule has 0 N–H and O–H groups in total. The minimum absolute atomic E-state index is 0.366. The second-order valence-electron chi connectivity index (χ2n) is 4.10. The highest BCUT2D eigenvalue weighted by molar-refractivity contribution is 7.89. The second-order valence-corrected chi connectivity index (χ2v) is 6.04. The van der Waals surface area contributed by atoms with Crippen molar-refractivity contribution in [3.63, 3.8) is 0 Å². The van der Waals surface area contributed by atoms with E-state index in [0.29, 0.717) is 18.0 Å². The first-order valence-corrected chi connectivity index (χ1v) is 7.52. The predicted molar refractivity (Wildman–Crippen MR) is 74.1 cm³/mol. The Morgan fingerprint density at radius 1 is 0.944 bits per heavy atom. The highest BCUT2D eigenvalue weighted by Crippen LogP contribution is 2.21. The van der Waals surface area contributed by atoms with Crippen molar-refractivity contribution >= 4 is 20.8 Å². The lowest BCUT2D eigenvalue weighted by molar-refractivity contribution is 0.445. The Hall–Kier alpha value is -1.39. The van der Waals surface area contributed by atoms with E-state index in [9.17, 15) is 8.42 Å². The molecule has 0 atom stereocenters. The van der Waals surface area contributed by atoms with Crippen LogP contribution in [0.1, 0.15) is 13.8 Å². The van der Waals surface area contributed by atoms with Crippen molar-refractivity contribution in [1.29, 1.82) is 0 Å². The molecule has 0 aromatic heterocycles. The highest BCUT2D eigenvalue weighted by Gasteiger charge is 2.21. The van der Waals surface area contributed by atoms with Crippen LogP contribution in [0, 0.1) is 0 Å². The number of hydrogen-bond donors (Lipinski definition) is 0. The highest BCUT2D eigenvalue weighted by atomic mass is 32.2. The van der Waals surface area contributed by atoms with Crippen LogP contribution in [0.3, 0.4) is 0 Å². The molecular weight excluding hydrogens is 246 g/mol. The van der Waals surface area contributed by atoms with E-state index in [4.69, 9.17) is 0 Å². The van der Waals surface area contributed by atoms with E-state index in [0.717, 1.165) is 10.8 Å². The SMILES string of the molecule is CCN(CC)S(=O)(=O)c1ccc2ccccc2c1. The summed E-state index contributed by atoms with van der Waals surface area (Å²) in [6, 6.07) is 13.0. The minimum Gasteiger partial charge on any atom is -0.207 e. The molecule has 0 amide bonds. The van der Waals surface area contributed by atoms with Crippen LogP contribution in [0.25, 0.3) is 10.8 Å². The normalized spacial score (nSPS) is 12.2. The Morgan fingerprint density at radius 2 is 1.56 bits per heavy atom. The predicted octanol–water partition coefficient (Wildman–Crippen LogP) is 2.87. The van der Waals surface area contributed by atoms with Crippen molar-refractivity contribution in [2.75, 3.05) is 13.1 Å². The molecule has 2 aromatic rings. The van der Waals surface area contributed by atoms with Crippen LogP contribution in [-0.2, 0) is 10.0 Å². The summed E-state index contributed by atoms with van der Waals surface area (Å²) in [7, 11) is -3.36. The number of fused-ring (bicyclic) bond motifs is 1. The monoisotopic (exact) mass is 263 g/mol. The van der Waals surface area contributed by atoms with Crippen molar-refractivity contribution in [2.45, 2.75) is 18.7 Å². The van der Waals surface area contributed by atoms with Gasteiger partial charge in [-0.25, -0.2) is 8.42 Å². The fourth-order valence-electron chi connectivity index (χ4n) is 2.04. The van der Waals surface area contributed by atoms with Crippen LogP contribution < -0.4 is 0 Å². The summed E-state index contributed by atoms with van der Waals surface area (Å²) in [5.74, 6) is 0. The molecule has 3 nitrogen and oxygen atoms in total. The maximum absolute atomic E-state index is 12.4. The summed E-state index contributed by atoms with van der Waals surface area (Å²) < 4.78 is 26.2. The Balaban J connectivity index is 2.54. The lowest BCUT2D eigenvalue weighted by atomic mass is 10.1. The molecule has 0 fully saturated rings. The van der Waals surface area contributed by atoms with Gasteiger partial charge in [0, 0.05) is 13.1 Å². The van der Waals surface area contributed by atoms with E-state index >= 15 is 0 Å². The summed E-state index contributed by atoms with van der Waals surface area (Å²) in [5, 5.41) is 2.00. The smallest absolute Gasteiger partial charge is 0.207 e. The number of rotatable bonds is 4. The van der Waals surface area contributed by atoms with Crippen LogP contribution in [0.4, 0.5) is 0 Å². The molecule has 2 aromatic carbocycles. The van der Waals surface area contributed by atoms with Gasteiger partial charge in [-0.05, 0) is 22.9 Å². The zero-order chi connectivity index (χ0) is 13.2. The average Bonchev–Trinajstić information content (AvgIpc) is 2.39. The molecule has 0 radical (unpaired) electrons. The van der Waals surface area contributed by atoms with Crippen LogP contribution >= 0.6 is 0 Å². The van der Waals surface area contributed by atoms with Gasteiger partial charge in [0.25, 0.3) is 0 Å². The van der Waals surface area contributed by atoms with Crippen LogP contribution in [0.5, 0.6) is 0 Å². The first kappa shape index (κ1) is 13.1. The molecule has 0 aliphatic heterocycles. The Morgan fingerprint density at radius 3 is 2.17 bits per heavy atom. The molecule has 0 spiro atoms. The van der Waals surface area contributed by atoms with E-state index in [1.54, 1.807) is 12.1 Å². The molecular formula is C14H17NO2S. The van der Waals surface area contributed by atoms with Gasteiger partial charge < -0.3 is 0 Å². The summed E-state index contributed by atoms with van der Waals surface area (Å²) in [6.45, 7) is 4.68. The minimum atomic E-state index is -3.36. The molecule has 4 heteroatoms. The standard InChI is InChI=1S/C14H17NO2S/c1-3-15(4-2)18(16,17)14-10-9-12-7-5-6-8-13(12)11-14/h5-11H,3-4H2,1-2H3. The third-order valence-electron chi connectivity index (χ3n) is 3.06. The lowest BCUT2D eigenvalue weighted by Crippen LogP contribution is -2.30. The van der Waals surface area contributed by atoms with Gasteiger partial charge in [0.15, 0.2) is 0 Å². The zero-order valence-electron chi connectivity index (χ0n) is 10.6. The van der Waals surface area contributed by atoms with Gasteiger partial charge in [0.05, 0.1) is 4.90 Å². The van der Waals surface area contributed by atoms with Gasteiger partial charge in [-0.1, -0.05) is 44.2 Å². The van der Waals surface area contributed by atoms with E-state index in [2.05, 4.69) is 0 Å². The maximum atomic E-state index is 12.4.